The van der Waals surface area contributed by atoms with Crippen molar-refractivity contribution in [3.05, 3.63) is 71.4 Å². The van der Waals surface area contributed by atoms with Gasteiger partial charge >= 0.3 is 0 Å². The molecular formula is C28H39Cl2N3. The van der Waals surface area contributed by atoms with Crippen molar-refractivity contribution in [2.75, 3.05) is 19.6 Å². The number of nitrogens with two attached hydrogens (primary N) is 1. The smallest absolute Gasteiger partial charge is 0.0486 e. The lowest BCUT2D eigenvalue weighted by molar-refractivity contribution is 0.336. The maximum absolute atomic E-state index is 5.68. The van der Waals surface area contributed by atoms with Crippen LogP contribution in [0.4, 0.5) is 0 Å². The molecule has 4 atom stereocenters. The molecule has 1 heterocycles. The van der Waals surface area contributed by atoms with Gasteiger partial charge in [0.15, 0.2) is 0 Å². The van der Waals surface area contributed by atoms with Gasteiger partial charge in [-0.3, -0.25) is 0 Å². The van der Waals surface area contributed by atoms with Gasteiger partial charge < -0.3 is 15.6 Å². The van der Waals surface area contributed by atoms with Gasteiger partial charge in [-0.1, -0.05) is 54.4 Å². The molecule has 180 valence electrons. The molecule has 0 radical (unpaired) electrons. The fourth-order valence-corrected chi connectivity index (χ4v) is 6.32. The maximum Gasteiger partial charge on any atom is 0.0486 e. The molecular weight excluding hydrogens is 449 g/mol. The average Bonchev–Trinajstić information content (AvgIpc) is 3.51. The topological polar surface area (TPSA) is 43.0 Å². The van der Waals surface area contributed by atoms with E-state index in [1.165, 1.54) is 53.3 Å². The van der Waals surface area contributed by atoms with Gasteiger partial charge in [0.2, 0.25) is 0 Å². The second-order valence-corrected chi connectivity index (χ2v) is 9.90. The summed E-state index contributed by atoms with van der Waals surface area (Å²) in [5.74, 6) is 2.25. The number of benzene rings is 2. The van der Waals surface area contributed by atoms with E-state index < -0.39 is 0 Å². The van der Waals surface area contributed by atoms with E-state index in [0.717, 1.165) is 44.3 Å². The second-order valence-electron chi connectivity index (χ2n) is 9.90. The summed E-state index contributed by atoms with van der Waals surface area (Å²) in [6.07, 6.45) is 10.4. The van der Waals surface area contributed by atoms with Crippen LogP contribution in [-0.2, 0) is 0 Å². The molecule has 0 aliphatic heterocycles. The minimum Gasteiger partial charge on any atom is -0.344 e. The summed E-state index contributed by atoms with van der Waals surface area (Å²) in [6, 6.07) is 18.9. The van der Waals surface area contributed by atoms with Gasteiger partial charge in [0, 0.05) is 29.1 Å². The zero-order chi connectivity index (χ0) is 21.2. The molecule has 33 heavy (non-hydrogen) atoms. The Labute approximate surface area is 211 Å². The van der Waals surface area contributed by atoms with Crippen LogP contribution in [0.3, 0.4) is 0 Å². The third kappa shape index (κ3) is 5.43. The van der Waals surface area contributed by atoms with Gasteiger partial charge in [-0.2, -0.15) is 0 Å². The highest BCUT2D eigenvalue weighted by molar-refractivity contribution is 5.86. The van der Waals surface area contributed by atoms with Crippen LogP contribution in [0.5, 0.6) is 0 Å². The van der Waals surface area contributed by atoms with Crippen molar-refractivity contribution in [1.82, 2.24) is 9.88 Å². The predicted octanol–water partition coefficient (Wildman–Crippen LogP) is 6.61. The van der Waals surface area contributed by atoms with Crippen molar-refractivity contribution < 1.29 is 0 Å². The van der Waals surface area contributed by atoms with Crippen molar-refractivity contribution in [3.8, 4) is 0 Å². The van der Waals surface area contributed by atoms with E-state index in [1.807, 2.05) is 0 Å². The summed E-state index contributed by atoms with van der Waals surface area (Å²) in [6.45, 7) is 4.99. The van der Waals surface area contributed by atoms with Crippen LogP contribution >= 0.6 is 24.8 Å². The van der Waals surface area contributed by atoms with E-state index in [-0.39, 0.29) is 24.8 Å². The number of aryl methyl sites for hydroxylation is 1. The Morgan fingerprint density at radius 3 is 2.61 bits per heavy atom. The Hall–Kier alpha value is -1.52. The summed E-state index contributed by atoms with van der Waals surface area (Å²) in [5.41, 5.74) is 11.4. The Morgan fingerprint density at radius 2 is 1.88 bits per heavy atom. The molecule has 2 aromatic carbocycles. The van der Waals surface area contributed by atoms with Crippen molar-refractivity contribution in [1.29, 1.82) is 0 Å². The highest BCUT2D eigenvalue weighted by Gasteiger charge is 2.41. The molecule has 0 spiro atoms. The molecule has 0 saturated heterocycles. The normalized spacial score (nSPS) is 22.2. The van der Waals surface area contributed by atoms with Crippen LogP contribution in [0.1, 0.15) is 67.2 Å². The Kier molecular flexibility index (Phi) is 9.29. The fourth-order valence-electron chi connectivity index (χ4n) is 6.32. The van der Waals surface area contributed by atoms with E-state index in [4.69, 9.17) is 5.73 Å². The van der Waals surface area contributed by atoms with Crippen molar-refractivity contribution in [3.63, 3.8) is 0 Å². The SMILES string of the molecule is Cc1cccc(C(CCNCCCN)c2cn(C3CC4CCC3C4)c3ccccc23)c1.Cl.Cl. The maximum atomic E-state index is 5.68. The van der Waals surface area contributed by atoms with E-state index in [1.54, 1.807) is 0 Å². The summed E-state index contributed by atoms with van der Waals surface area (Å²) >= 11 is 0. The van der Waals surface area contributed by atoms with Crippen LogP contribution in [0.25, 0.3) is 10.9 Å². The zero-order valence-corrected chi connectivity index (χ0v) is 21.3. The molecule has 2 fully saturated rings. The molecule has 2 bridgehead atoms. The van der Waals surface area contributed by atoms with Gasteiger partial charge in [-0.05, 0) is 87.7 Å². The number of nitrogens with zero attached hydrogens (tertiary/aromatic N) is 1. The Balaban J connectivity index is 0.00000153. The highest BCUT2D eigenvalue weighted by atomic mass is 35.5. The number of aromatic nitrogens is 1. The monoisotopic (exact) mass is 487 g/mol. The van der Waals surface area contributed by atoms with Gasteiger partial charge in [-0.15, -0.1) is 24.8 Å². The number of fused-ring (bicyclic) bond motifs is 3. The van der Waals surface area contributed by atoms with Crippen LogP contribution in [0.15, 0.2) is 54.7 Å². The molecule has 1 aromatic heterocycles. The number of hydrogen-bond acceptors (Lipinski definition) is 2. The van der Waals surface area contributed by atoms with Crippen LogP contribution in [-0.4, -0.2) is 24.2 Å². The third-order valence-corrected chi connectivity index (χ3v) is 7.82. The van der Waals surface area contributed by atoms with Gasteiger partial charge in [0.05, 0.1) is 0 Å². The standard InChI is InChI=1S/C28H37N3.2ClH/c1-20-6-4-7-22(16-20)24(12-15-30-14-5-13-29)26-19-31(27-9-3-2-8-25(26)27)28-18-21-10-11-23(28)17-21;;/h2-4,6-9,16,19,21,23-24,28,30H,5,10-15,17-18,29H2,1H3;2*1H. The average molecular weight is 489 g/mol. The van der Waals surface area contributed by atoms with E-state index in [9.17, 15) is 0 Å². The summed E-state index contributed by atoms with van der Waals surface area (Å²) < 4.78 is 2.67. The minimum absolute atomic E-state index is 0. The quantitative estimate of drug-likeness (QED) is 0.333. The molecule has 3 N–H and O–H groups in total. The summed E-state index contributed by atoms with van der Waals surface area (Å²) in [4.78, 5) is 0. The first-order valence-electron chi connectivity index (χ1n) is 12.3. The first kappa shape index (κ1) is 26.1. The van der Waals surface area contributed by atoms with E-state index in [0.29, 0.717) is 12.0 Å². The lowest BCUT2D eigenvalue weighted by Crippen LogP contribution is -2.21. The number of para-hydroxylation sites is 1. The van der Waals surface area contributed by atoms with Crippen molar-refractivity contribution >= 4 is 35.7 Å². The molecule has 3 aromatic rings. The number of nitrogens with one attached hydrogen (secondary N) is 1. The third-order valence-electron chi connectivity index (χ3n) is 7.82. The predicted molar refractivity (Wildman–Crippen MR) is 145 cm³/mol. The van der Waals surface area contributed by atoms with Gasteiger partial charge in [0.25, 0.3) is 0 Å². The van der Waals surface area contributed by atoms with Gasteiger partial charge in [-0.25, -0.2) is 0 Å². The first-order chi connectivity index (χ1) is 15.2. The lowest BCUT2D eigenvalue weighted by atomic mass is 9.87. The number of hydrogen-bond donors (Lipinski definition) is 2. The lowest BCUT2D eigenvalue weighted by Gasteiger charge is -2.24. The molecule has 2 aliphatic carbocycles. The van der Waals surface area contributed by atoms with Crippen LogP contribution in [0, 0.1) is 18.8 Å². The van der Waals surface area contributed by atoms with Crippen LogP contribution < -0.4 is 11.1 Å². The van der Waals surface area contributed by atoms with Crippen molar-refractivity contribution in [2.24, 2.45) is 17.6 Å². The first-order valence-corrected chi connectivity index (χ1v) is 12.3. The van der Waals surface area contributed by atoms with Gasteiger partial charge in [0.1, 0.15) is 0 Å². The van der Waals surface area contributed by atoms with E-state index in [2.05, 4.69) is 71.5 Å². The van der Waals surface area contributed by atoms with Crippen LogP contribution in [0.2, 0.25) is 0 Å². The summed E-state index contributed by atoms with van der Waals surface area (Å²) in [7, 11) is 0. The van der Waals surface area contributed by atoms with E-state index >= 15 is 0 Å². The molecule has 0 amide bonds. The minimum atomic E-state index is 0. The molecule has 5 rings (SSSR count). The molecule has 2 saturated carbocycles. The fraction of sp³-hybridized carbons (Fsp3) is 0.500. The molecule has 3 nitrogen and oxygen atoms in total. The largest absolute Gasteiger partial charge is 0.344 e. The zero-order valence-electron chi connectivity index (χ0n) is 19.7. The van der Waals surface area contributed by atoms with Crippen molar-refractivity contribution in [2.45, 2.75) is 57.4 Å². The molecule has 2 aliphatic rings. The second kappa shape index (κ2) is 11.8. The number of halogens is 2. The number of rotatable bonds is 9. The molecule has 4 unspecified atom stereocenters. The molecule has 5 heteroatoms. The Bertz CT molecular complexity index is 1030. The highest BCUT2D eigenvalue weighted by Crippen LogP contribution is 2.52. The Morgan fingerprint density at radius 1 is 1.03 bits per heavy atom. The summed E-state index contributed by atoms with van der Waals surface area (Å²) in [5, 5.41) is 5.06.